The first kappa shape index (κ1) is 12.5. The van der Waals surface area contributed by atoms with Gasteiger partial charge in [0, 0.05) is 28.9 Å². The van der Waals surface area contributed by atoms with E-state index in [9.17, 15) is 4.79 Å². The third kappa shape index (κ3) is 2.32. The van der Waals surface area contributed by atoms with Crippen LogP contribution in [-0.4, -0.2) is 15.0 Å². The molecule has 0 spiro atoms. The molecule has 2 heterocycles. The number of rotatable bonds is 1. The molecule has 0 radical (unpaired) electrons. The average Bonchev–Trinajstić information content (AvgIpc) is 2.32. The fraction of sp³-hybridized carbons (Fsp3) is 0.357. The number of H-pyrrole nitrogens is 1. The summed E-state index contributed by atoms with van der Waals surface area (Å²) in [7, 11) is 0. The van der Waals surface area contributed by atoms with Crippen molar-refractivity contribution in [2.45, 2.75) is 33.1 Å². The maximum atomic E-state index is 12.0. The van der Waals surface area contributed by atoms with Crippen LogP contribution in [0.15, 0.2) is 29.3 Å². The predicted molar refractivity (Wildman–Crippen MR) is 71.5 cm³/mol. The lowest BCUT2D eigenvalue weighted by atomic mass is 9.95. The Kier molecular flexibility index (Phi) is 3.03. The second kappa shape index (κ2) is 4.37. The molecule has 2 rings (SSSR count). The molecule has 0 atom stereocenters. The first-order valence-electron chi connectivity index (χ1n) is 5.91. The molecule has 0 aliphatic rings. The predicted octanol–water partition coefficient (Wildman–Crippen LogP) is 2.44. The summed E-state index contributed by atoms with van der Waals surface area (Å²) in [6.07, 6.45) is 3.41. The summed E-state index contributed by atoms with van der Waals surface area (Å²) in [5.41, 5.74) is 2.01. The van der Waals surface area contributed by atoms with Gasteiger partial charge in [0.25, 0.3) is 5.56 Å². The monoisotopic (exact) mass is 243 g/mol. The average molecular weight is 243 g/mol. The third-order valence-corrected chi connectivity index (χ3v) is 2.82. The smallest absolute Gasteiger partial charge is 0.254 e. The highest BCUT2D eigenvalue weighted by molar-refractivity contribution is 5.61. The number of pyridine rings is 1. The maximum absolute atomic E-state index is 12.0. The number of hydrogen-bond donors (Lipinski definition) is 1. The molecular formula is C14H17N3O. The molecule has 2 aromatic heterocycles. The second-order valence-corrected chi connectivity index (χ2v) is 5.37. The number of aromatic amines is 1. The van der Waals surface area contributed by atoms with Gasteiger partial charge in [0.05, 0.1) is 5.69 Å². The van der Waals surface area contributed by atoms with Crippen LogP contribution in [0.25, 0.3) is 11.3 Å². The normalized spacial score (nSPS) is 11.6. The lowest BCUT2D eigenvalue weighted by molar-refractivity contribution is 0.542. The molecule has 0 aromatic carbocycles. The number of hydrogen-bond acceptors (Lipinski definition) is 3. The van der Waals surface area contributed by atoms with Gasteiger partial charge in [-0.3, -0.25) is 9.78 Å². The van der Waals surface area contributed by atoms with Gasteiger partial charge in [-0.1, -0.05) is 20.8 Å². The number of nitrogens with one attached hydrogen (secondary N) is 1. The van der Waals surface area contributed by atoms with E-state index in [2.05, 4.69) is 15.0 Å². The first-order valence-corrected chi connectivity index (χ1v) is 5.91. The van der Waals surface area contributed by atoms with Crippen LogP contribution in [0.2, 0.25) is 0 Å². The molecule has 18 heavy (non-hydrogen) atoms. The third-order valence-electron chi connectivity index (χ3n) is 2.82. The highest BCUT2D eigenvalue weighted by atomic mass is 16.1. The van der Waals surface area contributed by atoms with Crippen molar-refractivity contribution in [2.75, 3.05) is 0 Å². The molecule has 4 heteroatoms. The quantitative estimate of drug-likeness (QED) is 0.836. The van der Waals surface area contributed by atoms with Gasteiger partial charge < -0.3 is 4.98 Å². The Morgan fingerprint density at radius 3 is 2.33 bits per heavy atom. The van der Waals surface area contributed by atoms with Crippen molar-refractivity contribution in [3.63, 3.8) is 0 Å². The van der Waals surface area contributed by atoms with E-state index in [1.807, 2.05) is 32.9 Å². The fourth-order valence-electron chi connectivity index (χ4n) is 1.68. The molecule has 0 amide bonds. The molecule has 0 aliphatic carbocycles. The minimum Gasteiger partial charge on any atom is -0.310 e. The summed E-state index contributed by atoms with van der Waals surface area (Å²) in [4.78, 5) is 23.4. The molecule has 0 saturated heterocycles. The van der Waals surface area contributed by atoms with Crippen molar-refractivity contribution in [3.8, 4) is 11.3 Å². The Labute approximate surface area is 106 Å². The second-order valence-electron chi connectivity index (χ2n) is 5.37. The van der Waals surface area contributed by atoms with Gasteiger partial charge >= 0.3 is 0 Å². The van der Waals surface area contributed by atoms with E-state index < -0.39 is 0 Å². The highest BCUT2D eigenvalue weighted by Gasteiger charge is 2.19. The Bertz CT molecular complexity index is 609. The summed E-state index contributed by atoms with van der Waals surface area (Å²) >= 11 is 0. The minimum absolute atomic E-state index is 0.0817. The van der Waals surface area contributed by atoms with Crippen LogP contribution >= 0.6 is 0 Å². The van der Waals surface area contributed by atoms with Crippen LogP contribution in [0.3, 0.4) is 0 Å². The molecule has 0 saturated carbocycles. The zero-order valence-corrected chi connectivity index (χ0v) is 11.1. The van der Waals surface area contributed by atoms with Crippen molar-refractivity contribution in [1.82, 2.24) is 15.0 Å². The van der Waals surface area contributed by atoms with Gasteiger partial charge in [0.2, 0.25) is 0 Å². The van der Waals surface area contributed by atoms with Crippen LogP contribution in [0, 0.1) is 6.92 Å². The molecule has 1 N–H and O–H groups in total. The van der Waals surface area contributed by atoms with E-state index in [1.54, 1.807) is 19.3 Å². The zero-order chi connectivity index (χ0) is 13.3. The number of nitrogens with zero attached hydrogens (tertiary/aromatic N) is 2. The van der Waals surface area contributed by atoms with Gasteiger partial charge in [-0.05, 0) is 19.1 Å². The van der Waals surface area contributed by atoms with Crippen molar-refractivity contribution in [3.05, 3.63) is 46.3 Å². The van der Waals surface area contributed by atoms with Crippen molar-refractivity contribution >= 4 is 0 Å². The fourth-order valence-corrected chi connectivity index (χ4v) is 1.68. The molecule has 0 unspecified atom stereocenters. The number of aromatic nitrogens is 3. The maximum Gasteiger partial charge on any atom is 0.254 e. The lowest BCUT2D eigenvalue weighted by Gasteiger charge is -2.18. The van der Waals surface area contributed by atoms with Gasteiger partial charge in [0.15, 0.2) is 0 Å². The topological polar surface area (TPSA) is 58.6 Å². The lowest BCUT2D eigenvalue weighted by Crippen LogP contribution is -2.24. The van der Waals surface area contributed by atoms with Gasteiger partial charge in [-0.25, -0.2) is 4.98 Å². The van der Waals surface area contributed by atoms with E-state index in [4.69, 9.17) is 0 Å². The Balaban J connectivity index is 2.68. The van der Waals surface area contributed by atoms with Crippen LogP contribution in [0.5, 0.6) is 0 Å². The molecule has 0 bridgehead atoms. The van der Waals surface area contributed by atoms with E-state index in [-0.39, 0.29) is 11.0 Å². The largest absolute Gasteiger partial charge is 0.310 e. The molecule has 4 nitrogen and oxygen atoms in total. The summed E-state index contributed by atoms with van der Waals surface area (Å²) in [6, 6.07) is 3.72. The van der Waals surface area contributed by atoms with E-state index in [0.29, 0.717) is 11.4 Å². The van der Waals surface area contributed by atoms with Gasteiger partial charge in [-0.15, -0.1) is 0 Å². The van der Waals surface area contributed by atoms with Crippen LogP contribution in [0.1, 0.15) is 32.2 Å². The molecule has 0 aliphatic heterocycles. The van der Waals surface area contributed by atoms with E-state index in [1.165, 1.54) is 0 Å². The molecular weight excluding hydrogens is 226 g/mol. The van der Waals surface area contributed by atoms with Crippen LogP contribution < -0.4 is 5.56 Å². The van der Waals surface area contributed by atoms with Crippen LogP contribution in [0.4, 0.5) is 0 Å². The van der Waals surface area contributed by atoms with Crippen molar-refractivity contribution < 1.29 is 0 Å². The molecule has 2 aromatic rings. The van der Waals surface area contributed by atoms with Gasteiger partial charge in [0.1, 0.15) is 5.82 Å². The molecule has 0 fully saturated rings. The minimum atomic E-state index is -0.186. The zero-order valence-electron chi connectivity index (χ0n) is 11.1. The summed E-state index contributed by atoms with van der Waals surface area (Å²) in [5, 5.41) is 0. The summed E-state index contributed by atoms with van der Waals surface area (Å²) < 4.78 is 0. The van der Waals surface area contributed by atoms with E-state index in [0.717, 1.165) is 11.3 Å². The first-order chi connectivity index (χ1) is 8.39. The standard InChI is InChI=1S/C14H17N3O/c1-9-11(10-5-7-15-8-6-10)16-13(14(2,3)4)17-12(9)18/h5-8H,1-4H3,(H,16,17,18). The van der Waals surface area contributed by atoms with Gasteiger partial charge in [-0.2, -0.15) is 0 Å². The summed E-state index contributed by atoms with van der Waals surface area (Å²) in [5.74, 6) is 0.699. The summed E-state index contributed by atoms with van der Waals surface area (Å²) in [6.45, 7) is 7.86. The SMILES string of the molecule is Cc1c(-c2ccncc2)nc(C(C)(C)C)[nH]c1=O. The highest BCUT2D eigenvalue weighted by Crippen LogP contribution is 2.22. The van der Waals surface area contributed by atoms with Crippen molar-refractivity contribution in [2.24, 2.45) is 0 Å². The Hall–Kier alpha value is -1.97. The molecule has 94 valence electrons. The Morgan fingerprint density at radius 1 is 1.17 bits per heavy atom. The van der Waals surface area contributed by atoms with Crippen LogP contribution in [-0.2, 0) is 5.41 Å². The van der Waals surface area contributed by atoms with Crippen molar-refractivity contribution in [1.29, 1.82) is 0 Å². The van der Waals surface area contributed by atoms with E-state index >= 15 is 0 Å². The Morgan fingerprint density at radius 2 is 1.78 bits per heavy atom.